The van der Waals surface area contributed by atoms with Gasteiger partial charge in [0.25, 0.3) is 16.0 Å². The van der Waals surface area contributed by atoms with Crippen LogP contribution in [0, 0.1) is 19.3 Å². The summed E-state index contributed by atoms with van der Waals surface area (Å²) in [6.07, 6.45) is 2.90. The molecule has 0 spiro atoms. The van der Waals surface area contributed by atoms with Gasteiger partial charge in [0.05, 0.1) is 11.8 Å². The van der Waals surface area contributed by atoms with E-state index >= 15 is 0 Å². The zero-order valence-corrected chi connectivity index (χ0v) is 16.8. The predicted octanol–water partition coefficient (Wildman–Crippen LogP) is 1.75. The van der Waals surface area contributed by atoms with Gasteiger partial charge in [-0.2, -0.15) is 8.42 Å². The summed E-state index contributed by atoms with van der Waals surface area (Å²) >= 11 is 0. The number of hydrogen-bond acceptors (Lipinski definition) is 5. The molecule has 10 heteroatoms. The van der Waals surface area contributed by atoms with Crippen molar-refractivity contribution in [3.63, 3.8) is 0 Å². The Morgan fingerprint density at radius 2 is 1.86 bits per heavy atom. The third-order valence-electron chi connectivity index (χ3n) is 4.38. The van der Waals surface area contributed by atoms with Crippen LogP contribution in [0.15, 0.2) is 12.1 Å². The highest BCUT2D eigenvalue weighted by Gasteiger charge is 2.24. The Bertz CT molecular complexity index is 1060. The number of carbonyl (C=O) groups is 2. The highest BCUT2D eigenvalue weighted by atomic mass is 32.2. The van der Waals surface area contributed by atoms with Gasteiger partial charge in [-0.05, 0) is 43.9 Å². The molecule has 1 amide bonds. The fourth-order valence-corrected chi connectivity index (χ4v) is 3.42. The molecule has 0 atom stereocenters. The predicted molar refractivity (Wildman–Crippen MR) is 106 cm³/mol. The molecular formula is C18H24N4O5S. The van der Waals surface area contributed by atoms with E-state index in [1.807, 2.05) is 24.5 Å². The number of aryl methyl sites for hydroxylation is 3. The maximum absolute atomic E-state index is 12.6. The van der Waals surface area contributed by atoms with Gasteiger partial charge in [0.2, 0.25) is 0 Å². The van der Waals surface area contributed by atoms with Crippen molar-refractivity contribution in [2.45, 2.75) is 39.7 Å². The SMILES string of the molecule is CS(=O)(=O)O.Cc1cc(C)c2cc(C(=O)NC(=N)N)n3c2c1C(=O)CCCC3. The molecule has 3 rings (SSSR count). The number of nitrogens with zero attached hydrogens (tertiary/aromatic N) is 1. The number of guanidine groups is 1. The summed E-state index contributed by atoms with van der Waals surface area (Å²) < 4.78 is 27.8. The fourth-order valence-electron chi connectivity index (χ4n) is 3.42. The van der Waals surface area contributed by atoms with Crippen LogP contribution in [0.25, 0.3) is 10.9 Å². The van der Waals surface area contributed by atoms with Gasteiger partial charge in [-0.1, -0.05) is 6.07 Å². The van der Waals surface area contributed by atoms with Crippen LogP contribution in [0.2, 0.25) is 0 Å². The lowest BCUT2D eigenvalue weighted by Gasteiger charge is -2.17. The van der Waals surface area contributed by atoms with Gasteiger partial charge in [0.1, 0.15) is 5.69 Å². The Kier molecular flexibility index (Phi) is 6.25. The Balaban J connectivity index is 0.000000500. The van der Waals surface area contributed by atoms with Gasteiger partial charge >= 0.3 is 0 Å². The molecule has 2 aromatic rings. The molecule has 1 aromatic carbocycles. The number of carbonyl (C=O) groups excluding carboxylic acids is 2. The molecule has 0 unspecified atom stereocenters. The first-order chi connectivity index (χ1) is 12.9. The molecule has 9 nitrogen and oxygen atoms in total. The number of ketones is 1. The molecule has 2 heterocycles. The van der Waals surface area contributed by atoms with Crippen molar-refractivity contribution in [3.8, 4) is 0 Å². The second-order valence-corrected chi connectivity index (χ2v) is 8.28. The quantitative estimate of drug-likeness (QED) is 0.320. The lowest BCUT2D eigenvalue weighted by molar-refractivity contribution is 0.0957. The standard InChI is InChI=1S/C17H20N4O2.CH4O3S/c1-9-7-10(2)14-13(22)5-3-4-6-21-12(8-11(9)15(14)21)16(23)20-17(18)19;1-5(2,3)4/h7-8H,3-6H2,1-2H3,(H4,18,19,20,23);1H3,(H,2,3,4). The number of hydrogen-bond donors (Lipinski definition) is 4. The summed E-state index contributed by atoms with van der Waals surface area (Å²) in [7, 11) is -3.67. The highest BCUT2D eigenvalue weighted by Crippen LogP contribution is 2.32. The van der Waals surface area contributed by atoms with Crippen LogP contribution in [0.3, 0.4) is 0 Å². The first-order valence-electron chi connectivity index (χ1n) is 8.64. The lowest BCUT2D eigenvalue weighted by Crippen LogP contribution is -2.36. The van der Waals surface area contributed by atoms with Gasteiger partial charge < -0.3 is 10.3 Å². The molecule has 0 saturated heterocycles. The summed E-state index contributed by atoms with van der Waals surface area (Å²) in [6, 6.07) is 3.79. The fraction of sp³-hybridized carbons (Fsp3) is 0.389. The maximum Gasteiger partial charge on any atom is 0.274 e. The van der Waals surface area contributed by atoms with Crippen LogP contribution in [-0.4, -0.2) is 41.4 Å². The molecular weight excluding hydrogens is 384 g/mol. The average Bonchev–Trinajstić information content (AvgIpc) is 2.87. The zero-order chi connectivity index (χ0) is 21.2. The monoisotopic (exact) mass is 408 g/mol. The average molecular weight is 408 g/mol. The van der Waals surface area contributed by atoms with Crippen molar-refractivity contribution in [3.05, 3.63) is 34.5 Å². The minimum Gasteiger partial charge on any atom is -0.370 e. The molecule has 0 saturated carbocycles. The van der Waals surface area contributed by atoms with E-state index in [0.717, 1.165) is 34.9 Å². The van der Waals surface area contributed by atoms with E-state index in [1.165, 1.54) is 0 Å². The van der Waals surface area contributed by atoms with Crippen LogP contribution in [0.5, 0.6) is 0 Å². The highest BCUT2D eigenvalue weighted by molar-refractivity contribution is 7.85. The van der Waals surface area contributed by atoms with Gasteiger partial charge in [-0.25, -0.2) is 0 Å². The minimum absolute atomic E-state index is 0.130. The number of amides is 1. The van der Waals surface area contributed by atoms with E-state index in [0.29, 0.717) is 30.5 Å². The van der Waals surface area contributed by atoms with Crippen LogP contribution < -0.4 is 11.1 Å². The van der Waals surface area contributed by atoms with Gasteiger partial charge in [0, 0.05) is 23.9 Å². The Morgan fingerprint density at radius 1 is 1.25 bits per heavy atom. The van der Waals surface area contributed by atoms with E-state index in [1.54, 1.807) is 6.07 Å². The molecule has 1 aliphatic heterocycles. The molecule has 5 N–H and O–H groups in total. The van der Waals surface area contributed by atoms with Crippen molar-refractivity contribution in [2.24, 2.45) is 5.73 Å². The number of nitrogens with one attached hydrogen (secondary N) is 2. The summed E-state index contributed by atoms with van der Waals surface area (Å²) in [5.41, 5.74) is 9.25. The van der Waals surface area contributed by atoms with E-state index in [4.69, 9.17) is 15.7 Å². The van der Waals surface area contributed by atoms with Crippen molar-refractivity contribution in [2.75, 3.05) is 6.26 Å². The van der Waals surface area contributed by atoms with Gasteiger partial charge in [-0.15, -0.1) is 0 Å². The lowest BCUT2D eigenvalue weighted by atomic mass is 9.94. The Morgan fingerprint density at radius 3 is 2.43 bits per heavy atom. The summed E-state index contributed by atoms with van der Waals surface area (Å²) in [5.74, 6) is -0.669. The van der Waals surface area contributed by atoms with E-state index < -0.39 is 16.0 Å². The van der Waals surface area contributed by atoms with E-state index in [-0.39, 0.29) is 11.7 Å². The van der Waals surface area contributed by atoms with E-state index in [9.17, 15) is 18.0 Å². The molecule has 152 valence electrons. The molecule has 0 radical (unpaired) electrons. The maximum atomic E-state index is 12.6. The van der Waals surface area contributed by atoms with Crippen molar-refractivity contribution in [1.82, 2.24) is 9.88 Å². The van der Waals surface area contributed by atoms with Crippen molar-refractivity contribution in [1.29, 1.82) is 5.41 Å². The number of aromatic nitrogens is 1. The first kappa shape index (κ1) is 21.6. The molecule has 0 aliphatic carbocycles. The Labute approximate surface area is 163 Å². The van der Waals surface area contributed by atoms with Crippen molar-refractivity contribution < 1.29 is 22.6 Å². The van der Waals surface area contributed by atoms with Crippen molar-refractivity contribution >= 4 is 38.7 Å². The zero-order valence-electron chi connectivity index (χ0n) is 16.0. The summed E-state index contributed by atoms with van der Waals surface area (Å²) in [4.78, 5) is 24.9. The summed E-state index contributed by atoms with van der Waals surface area (Å²) in [6.45, 7) is 4.59. The number of benzene rings is 1. The normalized spacial score (nSPS) is 13.9. The van der Waals surface area contributed by atoms with Crippen LogP contribution in [0.1, 0.15) is 51.2 Å². The van der Waals surface area contributed by atoms with Crippen LogP contribution >= 0.6 is 0 Å². The van der Waals surface area contributed by atoms with E-state index in [2.05, 4.69) is 5.32 Å². The van der Waals surface area contributed by atoms with Gasteiger partial charge in [-0.3, -0.25) is 24.9 Å². The van der Waals surface area contributed by atoms with Gasteiger partial charge in [0.15, 0.2) is 11.7 Å². The molecule has 28 heavy (non-hydrogen) atoms. The molecule has 1 aliphatic rings. The topological polar surface area (TPSA) is 155 Å². The molecule has 1 aromatic heterocycles. The molecule has 0 bridgehead atoms. The van der Waals surface area contributed by atoms with Crippen LogP contribution in [0.4, 0.5) is 0 Å². The minimum atomic E-state index is -3.67. The third kappa shape index (κ3) is 4.96. The number of Topliss-reactive ketones (excluding diaryl/α,β-unsaturated/α-hetero) is 1. The smallest absolute Gasteiger partial charge is 0.274 e. The number of nitrogens with two attached hydrogens (primary N) is 1. The number of rotatable bonds is 1. The third-order valence-corrected chi connectivity index (χ3v) is 4.38. The second kappa shape index (κ2) is 8.11. The second-order valence-electron chi connectivity index (χ2n) is 6.81. The Hall–Kier alpha value is -2.72. The molecule has 0 fully saturated rings. The first-order valence-corrected chi connectivity index (χ1v) is 10.5. The largest absolute Gasteiger partial charge is 0.370 e. The summed E-state index contributed by atoms with van der Waals surface area (Å²) in [5, 5.41) is 10.5. The van der Waals surface area contributed by atoms with Crippen LogP contribution in [-0.2, 0) is 16.7 Å².